The number of nitrogens with zero attached hydrogens (tertiary/aromatic N) is 3. The molecule has 2 aromatic carbocycles. The van der Waals surface area contributed by atoms with E-state index >= 15 is 0 Å². The average Bonchev–Trinajstić information content (AvgIpc) is 3.56. The van der Waals surface area contributed by atoms with Crippen LogP contribution in [0.4, 0.5) is 0 Å². The molecular formula is C25H22N6O. The fraction of sp³-hybridized carbons (Fsp3) is 0.160. The van der Waals surface area contributed by atoms with Crippen LogP contribution in [-0.4, -0.2) is 50.1 Å². The number of nitrogens with one attached hydrogen (secondary N) is 2. The Kier molecular flexibility index (Phi) is 4.29. The summed E-state index contributed by atoms with van der Waals surface area (Å²) in [6, 6.07) is 20.5. The molecular weight excluding hydrogens is 400 g/mol. The number of H-pyrrole nitrogens is 2. The third kappa shape index (κ3) is 3.14. The number of aromatic nitrogens is 4. The molecule has 4 heterocycles. The lowest BCUT2D eigenvalue weighted by atomic mass is 10.0. The molecule has 0 bridgehead atoms. The smallest absolute Gasteiger partial charge is 0.275 e. The van der Waals surface area contributed by atoms with Crippen molar-refractivity contribution in [3.63, 3.8) is 0 Å². The molecule has 3 aromatic heterocycles. The maximum atomic E-state index is 13.0. The van der Waals surface area contributed by atoms with Gasteiger partial charge >= 0.3 is 0 Å². The molecule has 1 amide bonds. The quantitative estimate of drug-likeness (QED) is 0.410. The van der Waals surface area contributed by atoms with E-state index in [-0.39, 0.29) is 11.9 Å². The number of hydrogen-bond donors (Lipinski definition) is 3. The summed E-state index contributed by atoms with van der Waals surface area (Å²) in [6.45, 7) is 1.25. The first-order chi connectivity index (χ1) is 15.7. The second-order valence-corrected chi connectivity index (χ2v) is 8.34. The lowest BCUT2D eigenvalue weighted by molar-refractivity contribution is 0.0787. The molecule has 1 atom stereocenters. The fourth-order valence-corrected chi connectivity index (χ4v) is 4.42. The van der Waals surface area contributed by atoms with Gasteiger partial charge in [0.05, 0.1) is 5.52 Å². The van der Waals surface area contributed by atoms with Gasteiger partial charge in [-0.05, 0) is 41.8 Å². The van der Waals surface area contributed by atoms with E-state index in [0.717, 1.165) is 50.7 Å². The maximum absolute atomic E-state index is 13.0. The van der Waals surface area contributed by atoms with Gasteiger partial charge < -0.3 is 15.6 Å². The number of carbonyl (C=O) groups excluding carboxylic acids is 1. The van der Waals surface area contributed by atoms with Gasteiger partial charge in [0.25, 0.3) is 5.91 Å². The van der Waals surface area contributed by atoms with Crippen LogP contribution < -0.4 is 5.73 Å². The number of likely N-dealkylation sites (tertiary alicyclic amines) is 1. The van der Waals surface area contributed by atoms with Crippen molar-refractivity contribution in [1.29, 1.82) is 0 Å². The minimum Gasteiger partial charge on any atom is -0.339 e. The highest BCUT2D eigenvalue weighted by Crippen LogP contribution is 2.30. The van der Waals surface area contributed by atoms with Gasteiger partial charge in [-0.1, -0.05) is 36.4 Å². The van der Waals surface area contributed by atoms with E-state index in [0.29, 0.717) is 18.8 Å². The highest BCUT2D eigenvalue weighted by molar-refractivity contribution is 6.06. The lowest BCUT2D eigenvalue weighted by Crippen LogP contribution is -2.32. The van der Waals surface area contributed by atoms with E-state index in [1.165, 1.54) is 0 Å². The molecule has 32 heavy (non-hydrogen) atoms. The fourth-order valence-electron chi connectivity index (χ4n) is 4.42. The van der Waals surface area contributed by atoms with Crippen LogP contribution in [0.25, 0.3) is 44.3 Å². The summed E-state index contributed by atoms with van der Waals surface area (Å²) in [5.41, 5.74) is 12.2. The van der Waals surface area contributed by atoms with Gasteiger partial charge in [-0.2, -0.15) is 5.10 Å². The van der Waals surface area contributed by atoms with Gasteiger partial charge in [0.15, 0.2) is 5.69 Å². The van der Waals surface area contributed by atoms with Crippen LogP contribution in [0.15, 0.2) is 66.9 Å². The first-order valence-corrected chi connectivity index (χ1v) is 10.7. The van der Waals surface area contributed by atoms with Crippen LogP contribution in [0.1, 0.15) is 16.9 Å². The molecule has 0 aliphatic carbocycles. The SMILES string of the molecule is N[C@H]1CCN(C(=O)c2n[nH]c3ccc(-c4cnc5[nH]c(-c6ccccc6)cc5c4)cc23)C1. The molecule has 0 saturated carbocycles. The normalized spacial score (nSPS) is 16.3. The van der Waals surface area contributed by atoms with Crippen molar-refractivity contribution in [2.24, 2.45) is 5.73 Å². The molecule has 4 N–H and O–H groups in total. The predicted octanol–water partition coefficient (Wildman–Crippen LogP) is 3.95. The number of fused-ring (bicyclic) bond motifs is 2. The van der Waals surface area contributed by atoms with Gasteiger partial charge in [0, 0.05) is 47.4 Å². The number of benzene rings is 2. The summed E-state index contributed by atoms with van der Waals surface area (Å²) < 4.78 is 0. The summed E-state index contributed by atoms with van der Waals surface area (Å²) in [7, 11) is 0. The molecule has 7 nitrogen and oxygen atoms in total. The van der Waals surface area contributed by atoms with Crippen molar-refractivity contribution in [1.82, 2.24) is 25.1 Å². The topological polar surface area (TPSA) is 104 Å². The van der Waals surface area contributed by atoms with Crippen molar-refractivity contribution >= 4 is 27.8 Å². The van der Waals surface area contributed by atoms with Crippen LogP contribution in [0.2, 0.25) is 0 Å². The molecule has 6 rings (SSSR count). The number of nitrogens with two attached hydrogens (primary N) is 1. The summed E-state index contributed by atoms with van der Waals surface area (Å²) in [5.74, 6) is -0.0759. The van der Waals surface area contributed by atoms with Crippen molar-refractivity contribution < 1.29 is 4.79 Å². The van der Waals surface area contributed by atoms with E-state index < -0.39 is 0 Å². The molecule has 1 aliphatic rings. The van der Waals surface area contributed by atoms with E-state index in [1.54, 1.807) is 4.90 Å². The summed E-state index contributed by atoms with van der Waals surface area (Å²) in [5, 5.41) is 9.14. The molecule has 7 heteroatoms. The number of hydrogen-bond acceptors (Lipinski definition) is 4. The zero-order valence-corrected chi connectivity index (χ0v) is 17.4. The van der Waals surface area contributed by atoms with Crippen LogP contribution >= 0.6 is 0 Å². The highest BCUT2D eigenvalue weighted by Gasteiger charge is 2.27. The van der Waals surface area contributed by atoms with Crippen molar-refractivity contribution in [2.45, 2.75) is 12.5 Å². The minimum absolute atomic E-state index is 0.0413. The van der Waals surface area contributed by atoms with Crippen molar-refractivity contribution in [2.75, 3.05) is 13.1 Å². The van der Waals surface area contributed by atoms with Crippen LogP contribution in [0, 0.1) is 0 Å². The molecule has 0 unspecified atom stereocenters. The highest BCUT2D eigenvalue weighted by atomic mass is 16.2. The van der Waals surface area contributed by atoms with Crippen molar-refractivity contribution in [3.05, 3.63) is 72.6 Å². The molecule has 1 saturated heterocycles. The summed E-state index contributed by atoms with van der Waals surface area (Å²) >= 11 is 0. The Balaban J connectivity index is 1.38. The third-order valence-corrected chi connectivity index (χ3v) is 6.17. The largest absolute Gasteiger partial charge is 0.339 e. The number of pyridine rings is 1. The van der Waals surface area contributed by atoms with Crippen LogP contribution in [0.3, 0.4) is 0 Å². The van der Waals surface area contributed by atoms with Gasteiger partial charge in [-0.25, -0.2) is 4.98 Å². The first-order valence-electron chi connectivity index (χ1n) is 10.7. The molecule has 158 valence electrons. The minimum atomic E-state index is -0.0759. The molecule has 5 aromatic rings. The number of carbonyl (C=O) groups is 1. The van der Waals surface area contributed by atoms with Crippen LogP contribution in [0.5, 0.6) is 0 Å². The second-order valence-electron chi connectivity index (χ2n) is 8.34. The van der Waals surface area contributed by atoms with E-state index in [2.05, 4.69) is 44.4 Å². The zero-order chi connectivity index (χ0) is 21.7. The molecule has 1 aliphatic heterocycles. The monoisotopic (exact) mass is 422 g/mol. The number of amides is 1. The Morgan fingerprint density at radius 1 is 1.03 bits per heavy atom. The Morgan fingerprint density at radius 3 is 2.72 bits per heavy atom. The van der Waals surface area contributed by atoms with Gasteiger partial charge in [-0.15, -0.1) is 0 Å². The Hall–Kier alpha value is -3.97. The third-order valence-electron chi connectivity index (χ3n) is 6.17. The zero-order valence-electron chi connectivity index (χ0n) is 17.4. The first kappa shape index (κ1) is 18.8. The van der Waals surface area contributed by atoms with E-state index in [1.807, 2.05) is 42.6 Å². The molecule has 1 fully saturated rings. The van der Waals surface area contributed by atoms with Gasteiger partial charge in [0.2, 0.25) is 0 Å². The second kappa shape index (κ2) is 7.32. The predicted molar refractivity (Wildman–Crippen MR) is 125 cm³/mol. The Morgan fingerprint density at radius 2 is 1.91 bits per heavy atom. The van der Waals surface area contributed by atoms with E-state index in [4.69, 9.17) is 5.73 Å². The van der Waals surface area contributed by atoms with Crippen molar-refractivity contribution in [3.8, 4) is 22.4 Å². The Bertz CT molecular complexity index is 1450. The molecule has 0 spiro atoms. The standard InChI is InChI=1S/C25H22N6O/c26-19-8-9-31(14-19)25(32)23-20-11-16(6-7-21(20)29-30-23)18-10-17-12-22(28-24(17)27-13-18)15-4-2-1-3-5-15/h1-7,10-13,19H,8-9,14,26H2,(H,27,28)(H,29,30)/t19-/m0/s1. The van der Waals surface area contributed by atoms with Gasteiger partial charge in [0.1, 0.15) is 5.65 Å². The maximum Gasteiger partial charge on any atom is 0.275 e. The Labute approximate surface area is 184 Å². The average molecular weight is 422 g/mol. The molecule has 0 radical (unpaired) electrons. The van der Waals surface area contributed by atoms with Crippen LogP contribution in [-0.2, 0) is 0 Å². The summed E-state index contributed by atoms with van der Waals surface area (Å²) in [6.07, 6.45) is 2.68. The van der Waals surface area contributed by atoms with Gasteiger partial charge in [-0.3, -0.25) is 9.89 Å². The lowest BCUT2D eigenvalue weighted by Gasteiger charge is -2.14. The van der Waals surface area contributed by atoms with E-state index in [9.17, 15) is 4.79 Å². The number of rotatable bonds is 3. The summed E-state index contributed by atoms with van der Waals surface area (Å²) in [4.78, 5) is 22.8. The number of aromatic amines is 2.